The van der Waals surface area contributed by atoms with Crippen LogP contribution in [0.3, 0.4) is 0 Å². The Kier molecular flexibility index (Phi) is 6.17. The SMILES string of the molecule is CS(=O)(=O)c1ccccc1C(=O)NCCNC(=O)c1ccc(Cl)cc1. The van der Waals surface area contributed by atoms with E-state index >= 15 is 0 Å². The van der Waals surface area contributed by atoms with Gasteiger partial charge in [0.05, 0.1) is 10.5 Å². The van der Waals surface area contributed by atoms with Crippen LogP contribution in [-0.4, -0.2) is 39.6 Å². The minimum atomic E-state index is -3.50. The number of amides is 2. The highest BCUT2D eigenvalue weighted by Gasteiger charge is 2.17. The molecular weight excluding hydrogens is 364 g/mol. The normalized spacial score (nSPS) is 11.0. The first-order valence-corrected chi connectivity index (χ1v) is 9.67. The Bertz CT molecular complexity index is 880. The van der Waals surface area contributed by atoms with Crippen molar-refractivity contribution in [3.05, 3.63) is 64.7 Å². The van der Waals surface area contributed by atoms with E-state index in [9.17, 15) is 18.0 Å². The highest BCUT2D eigenvalue weighted by Crippen LogP contribution is 2.15. The van der Waals surface area contributed by atoms with Crippen LogP contribution in [0.25, 0.3) is 0 Å². The summed E-state index contributed by atoms with van der Waals surface area (Å²) in [5.41, 5.74) is 0.534. The number of carbonyl (C=O) groups is 2. The molecule has 2 rings (SSSR count). The predicted octanol–water partition coefficient (Wildman–Crippen LogP) is 1.90. The summed E-state index contributed by atoms with van der Waals surface area (Å²) in [6.07, 6.45) is 1.05. The van der Waals surface area contributed by atoms with Crippen molar-refractivity contribution < 1.29 is 18.0 Å². The molecule has 25 heavy (non-hydrogen) atoms. The molecule has 0 heterocycles. The number of carbonyl (C=O) groups excluding carboxylic acids is 2. The minimum Gasteiger partial charge on any atom is -0.350 e. The lowest BCUT2D eigenvalue weighted by molar-refractivity contribution is 0.0926. The fraction of sp³-hybridized carbons (Fsp3) is 0.176. The average molecular weight is 381 g/mol. The van der Waals surface area contributed by atoms with Crippen molar-refractivity contribution in [2.75, 3.05) is 19.3 Å². The van der Waals surface area contributed by atoms with E-state index in [-0.39, 0.29) is 29.5 Å². The molecule has 0 aliphatic rings. The molecule has 132 valence electrons. The lowest BCUT2D eigenvalue weighted by atomic mass is 10.2. The number of sulfone groups is 1. The van der Waals surface area contributed by atoms with E-state index in [1.54, 1.807) is 36.4 Å². The molecule has 0 atom stereocenters. The van der Waals surface area contributed by atoms with Crippen LogP contribution in [0.1, 0.15) is 20.7 Å². The quantitative estimate of drug-likeness (QED) is 0.748. The molecular formula is C17H17ClN2O4S. The lowest BCUT2D eigenvalue weighted by Gasteiger charge is -2.10. The molecule has 0 fully saturated rings. The van der Waals surface area contributed by atoms with Crippen LogP contribution in [0.4, 0.5) is 0 Å². The van der Waals surface area contributed by atoms with Gasteiger partial charge in [-0.3, -0.25) is 9.59 Å². The summed E-state index contributed by atoms with van der Waals surface area (Å²) in [5.74, 6) is -0.802. The van der Waals surface area contributed by atoms with Crippen molar-refractivity contribution in [3.8, 4) is 0 Å². The van der Waals surface area contributed by atoms with Crippen molar-refractivity contribution in [1.82, 2.24) is 10.6 Å². The molecule has 8 heteroatoms. The number of halogens is 1. The second kappa shape index (κ2) is 8.13. The van der Waals surface area contributed by atoms with E-state index in [1.807, 2.05) is 0 Å². The van der Waals surface area contributed by atoms with E-state index in [4.69, 9.17) is 11.6 Å². The first-order valence-electron chi connectivity index (χ1n) is 7.40. The van der Waals surface area contributed by atoms with Crippen molar-refractivity contribution in [2.24, 2.45) is 0 Å². The maximum atomic E-state index is 12.2. The summed E-state index contributed by atoms with van der Waals surface area (Å²) in [6, 6.07) is 12.4. The van der Waals surface area contributed by atoms with Crippen LogP contribution in [0.15, 0.2) is 53.4 Å². The van der Waals surface area contributed by atoms with E-state index in [0.29, 0.717) is 10.6 Å². The number of rotatable bonds is 6. The third-order valence-corrected chi connectivity index (χ3v) is 4.74. The molecule has 0 aliphatic heterocycles. The third kappa shape index (κ3) is 5.30. The second-order valence-corrected chi connectivity index (χ2v) is 7.71. The number of benzene rings is 2. The van der Waals surface area contributed by atoms with Crippen LogP contribution in [-0.2, 0) is 9.84 Å². The summed E-state index contributed by atoms with van der Waals surface area (Å²) in [5, 5.41) is 5.78. The van der Waals surface area contributed by atoms with Gasteiger partial charge in [-0.25, -0.2) is 8.42 Å². The van der Waals surface area contributed by atoms with E-state index in [2.05, 4.69) is 10.6 Å². The number of hydrogen-bond acceptors (Lipinski definition) is 4. The highest BCUT2D eigenvalue weighted by atomic mass is 35.5. The minimum absolute atomic E-state index is 0.0299. The summed E-state index contributed by atoms with van der Waals surface area (Å²) in [6.45, 7) is 0.366. The van der Waals surface area contributed by atoms with Gasteiger partial charge in [0.1, 0.15) is 0 Å². The summed E-state index contributed by atoms with van der Waals surface area (Å²) >= 11 is 5.76. The molecule has 0 unspecified atom stereocenters. The topological polar surface area (TPSA) is 92.3 Å². The zero-order valence-electron chi connectivity index (χ0n) is 13.5. The highest BCUT2D eigenvalue weighted by molar-refractivity contribution is 7.90. The van der Waals surface area contributed by atoms with Crippen molar-refractivity contribution in [3.63, 3.8) is 0 Å². The molecule has 6 nitrogen and oxygen atoms in total. The Morgan fingerprint density at radius 1 is 0.920 bits per heavy atom. The van der Waals surface area contributed by atoms with Crippen LogP contribution < -0.4 is 10.6 Å². The Morgan fingerprint density at radius 3 is 2.08 bits per heavy atom. The van der Waals surface area contributed by atoms with Gasteiger partial charge in [0.15, 0.2) is 9.84 Å². The van der Waals surface area contributed by atoms with Gasteiger partial charge in [-0.05, 0) is 36.4 Å². The molecule has 0 bridgehead atoms. The number of hydrogen-bond donors (Lipinski definition) is 2. The smallest absolute Gasteiger partial charge is 0.252 e. The summed E-state index contributed by atoms with van der Waals surface area (Å²) in [7, 11) is -3.50. The van der Waals surface area contributed by atoms with Crippen molar-refractivity contribution >= 4 is 33.3 Å². The number of nitrogens with one attached hydrogen (secondary N) is 2. The molecule has 2 amide bonds. The molecule has 0 aromatic heterocycles. The van der Waals surface area contributed by atoms with Gasteiger partial charge in [-0.2, -0.15) is 0 Å². The standard InChI is InChI=1S/C17H17ClN2O4S/c1-25(23,24)15-5-3-2-4-14(15)17(22)20-11-10-19-16(21)12-6-8-13(18)9-7-12/h2-9H,10-11H2,1H3,(H,19,21)(H,20,22). The van der Waals surface area contributed by atoms with E-state index < -0.39 is 15.7 Å². The Hall–Kier alpha value is -2.38. The zero-order valence-corrected chi connectivity index (χ0v) is 15.0. The largest absolute Gasteiger partial charge is 0.350 e. The van der Waals surface area contributed by atoms with Crippen LogP contribution in [0, 0.1) is 0 Å². The van der Waals surface area contributed by atoms with Gasteiger partial charge >= 0.3 is 0 Å². The van der Waals surface area contributed by atoms with Crippen molar-refractivity contribution in [1.29, 1.82) is 0 Å². The molecule has 0 aliphatic carbocycles. The molecule has 0 radical (unpaired) electrons. The Balaban J connectivity index is 1.89. The second-order valence-electron chi connectivity index (χ2n) is 5.29. The maximum absolute atomic E-state index is 12.2. The first-order chi connectivity index (χ1) is 11.8. The van der Waals surface area contributed by atoms with Gasteiger partial charge in [-0.1, -0.05) is 23.7 Å². The Morgan fingerprint density at radius 2 is 1.48 bits per heavy atom. The third-order valence-electron chi connectivity index (χ3n) is 3.33. The summed E-state index contributed by atoms with van der Waals surface area (Å²) < 4.78 is 23.4. The summed E-state index contributed by atoms with van der Waals surface area (Å²) in [4.78, 5) is 24.0. The predicted molar refractivity (Wildman–Crippen MR) is 95.7 cm³/mol. The van der Waals surface area contributed by atoms with Crippen LogP contribution in [0.2, 0.25) is 5.02 Å². The van der Waals surface area contributed by atoms with Gasteiger partial charge in [0, 0.05) is 29.9 Å². The fourth-order valence-corrected chi connectivity index (χ4v) is 3.14. The fourth-order valence-electron chi connectivity index (χ4n) is 2.13. The van der Waals surface area contributed by atoms with Crippen LogP contribution in [0.5, 0.6) is 0 Å². The van der Waals surface area contributed by atoms with E-state index in [1.165, 1.54) is 12.1 Å². The average Bonchev–Trinajstić information content (AvgIpc) is 2.58. The lowest BCUT2D eigenvalue weighted by Crippen LogP contribution is -2.35. The van der Waals surface area contributed by atoms with Gasteiger partial charge in [0.25, 0.3) is 11.8 Å². The molecule has 2 aromatic carbocycles. The molecule has 0 saturated carbocycles. The first kappa shape index (κ1) is 19.0. The molecule has 0 saturated heterocycles. The monoisotopic (exact) mass is 380 g/mol. The zero-order chi connectivity index (χ0) is 18.4. The molecule has 2 N–H and O–H groups in total. The maximum Gasteiger partial charge on any atom is 0.252 e. The van der Waals surface area contributed by atoms with E-state index in [0.717, 1.165) is 6.26 Å². The van der Waals surface area contributed by atoms with Crippen molar-refractivity contribution in [2.45, 2.75) is 4.90 Å². The Labute approximate surface area is 151 Å². The van der Waals surface area contributed by atoms with Crippen LogP contribution >= 0.6 is 11.6 Å². The van der Waals surface area contributed by atoms with Gasteiger partial charge in [-0.15, -0.1) is 0 Å². The van der Waals surface area contributed by atoms with Gasteiger partial charge in [0.2, 0.25) is 0 Å². The molecule has 0 spiro atoms. The molecule has 2 aromatic rings. The van der Waals surface area contributed by atoms with Gasteiger partial charge < -0.3 is 10.6 Å².